The fourth-order valence-corrected chi connectivity index (χ4v) is 3.43. The summed E-state index contributed by atoms with van der Waals surface area (Å²) in [7, 11) is 1.36. The van der Waals surface area contributed by atoms with E-state index >= 15 is 0 Å². The van der Waals surface area contributed by atoms with E-state index in [1.54, 1.807) is 9.80 Å². The molecule has 0 aromatic rings. The van der Waals surface area contributed by atoms with Crippen molar-refractivity contribution in [3.8, 4) is 0 Å². The molecular formula is C25H42N2O7. The van der Waals surface area contributed by atoms with Crippen molar-refractivity contribution < 1.29 is 33.4 Å². The summed E-state index contributed by atoms with van der Waals surface area (Å²) >= 11 is 0. The number of amides is 2. The number of aldehydes is 1. The molecule has 0 aromatic carbocycles. The second-order valence-electron chi connectivity index (χ2n) is 10.6. The van der Waals surface area contributed by atoms with Gasteiger partial charge in [0.25, 0.3) is 0 Å². The first-order valence-corrected chi connectivity index (χ1v) is 11.9. The number of carbonyl (C=O) groups is 4. The van der Waals surface area contributed by atoms with Gasteiger partial charge in [0.2, 0.25) is 0 Å². The molecule has 0 saturated carbocycles. The van der Waals surface area contributed by atoms with Gasteiger partial charge >= 0.3 is 18.2 Å². The van der Waals surface area contributed by atoms with Crippen LogP contribution in [-0.4, -0.2) is 78.7 Å². The Morgan fingerprint density at radius 2 is 1.12 bits per heavy atom. The topological polar surface area (TPSA) is 102 Å². The highest BCUT2D eigenvalue weighted by Gasteiger charge is 2.27. The maximum atomic E-state index is 11.8. The van der Waals surface area contributed by atoms with Crippen LogP contribution in [0.25, 0.3) is 0 Å². The van der Waals surface area contributed by atoms with Gasteiger partial charge in [0.1, 0.15) is 17.5 Å². The normalized spacial score (nSPS) is 18.1. The first-order chi connectivity index (χ1) is 15.7. The molecule has 2 fully saturated rings. The van der Waals surface area contributed by atoms with Crippen LogP contribution in [0, 0.1) is 11.8 Å². The van der Waals surface area contributed by atoms with E-state index in [0.717, 1.165) is 32.0 Å². The van der Waals surface area contributed by atoms with Gasteiger partial charge in [-0.2, -0.15) is 0 Å². The third-order valence-corrected chi connectivity index (χ3v) is 5.28. The van der Waals surface area contributed by atoms with Gasteiger partial charge in [0.05, 0.1) is 7.11 Å². The van der Waals surface area contributed by atoms with Crippen LogP contribution in [0.15, 0.2) is 12.2 Å². The van der Waals surface area contributed by atoms with Gasteiger partial charge in [-0.25, -0.2) is 14.4 Å². The van der Waals surface area contributed by atoms with Crippen molar-refractivity contribution in [1.29, 1.82) is 0 Å². The second-order valence-corrected chi connectivity index (χ2v) is 10.6. The Balaban J connectivity index is 0.000000350. The van der Waals surface area contributed by atoms with Crippen LogP contribution in [0.1, 0.15) is 67.2 Å². The van der Waals surface area contributed by atoms with Gasteiger partial charge < -0.3 is 28.8 Å². The molecule has 2 saturated heterocycles. The number of esters is 1. The highest BCUT2D eigenvalue weighted by Crippen LogP contribution is 2.21. The summed E-state index contributed by atoms with van der Waals surface area (Å²) in [6.45, 7) is 13.7. The molecule has 2 amide bonds. The lowest BCUT2D eigenvalue weighted by Gasteiger charge is -2.32. The standard InChI is InChI=1S/C14H23NO4.C11H19NO3/c1-14(2,3)19-13(17)15-9-7-11(8-10-15)5-6-12(16)18-4;1-11(2,3)15-10(14)12-6-4-9(8-13)5-7-12/h5-6,11H,7-10H2,1-4H3;8-9H,4-7H2,1-3H3/b6-5+;. The van der Waals surface area contributed by atoms with E-state index in [4.69, 9.17) is 9.47 Å². The summed E-state index contributed by atoms with van der Waals surface area (Å²) in [6, 6.07) is 0. The molecule has 0 spiro atoms. The summed E-state index contributed by atoms with van der Waals surface area (Å²) < 4.78 is 15.1. The molecule has 2 aliphatic rings. The minimum atomic E-state index is -0.460. The predicted octanol–water partition coefficient (Wildman–Crippen LogP) is 4.20. The SMILES string of the molecule is CC(C)(C)OC(=O)N1CCC(C=O)CC1.COC(=O)/C=C/C1CCN(C(=O)OC(C)(C)C)CC1. The maximum absolute atomic E-state index is 11.8. The van der Waals surface area contributed by atoms with E-state index in [0.29, 0.717) is 32.1 Å². The van der Waals surface area contributed by atoms with E-state index in [2.05, 4.69) is 4.74 Å². The van der Waals surface area contributed by atoms with Crippen LogP contribution >= 0.6 is 0 Å². The number of allylic oxidation sites excluding steroid dienone is 1. The van der Waals surface area contributed by atoms with Gasteiger partial charge in [0.15, 0.2) is 0 Å². The predicted molar refractivity (Wildman–Crippen MR) is 128 cm³/mol. The number of likely N-dealkylation sites (tertiary alicyclic amines) is 2. The minimum absolute atomic E-state index is 0.115. The zero-order valence-electron chi connectivity index (χ0n) is 21.8. The molecule has 9 nitrogen and oxygen atoms in total. The Kier molecular flexibility index (Phi) is 11.6. The maximum Gasteiger partial charge on any atom is 0.410 e. The van der Waals surface area contributed by atoms with Crippen LogP contribution in [0.5, 0.6) is 0 Å². The molecule has 0 atom stereocenters. The van der Waals surface area contributed by atoms with Crippen molar-refractivity contribution in [1.82, 2.24) is 9.80 Å². The van der Waals surface area contributed by atoms with E-state index in [-0.39, 0.29) is 24.1 Å². The molecule has 0 aromatic heterocycles. The summed E-state index contributed by atoms with van der Waals surface area (Å²) in [4.78, 5) is 48.4. The third kappa shape index (κ3) is 12.0. The van der Waals surface area contributed by atoms with Crippen LogP contribution < -0.4 is 0 Å². The van der Waals surface area contributed by atoms with Crippen LogP contribution in [0.3, 0.4) is 0 Å². The van der Waals surface area contributed by atoms with Gasteiger partial charge in [-0.05, 0) is 73.1 Å². The number of rotatable bonds is 3. The van der Waals surface area contributed by atoms with Crippen molar-refractivity contribution >= 4 is 24.4 Å². The lowest BCUT2D eigenvalue weighted by Crippen LogP contribution is -2.41. The average molecular weight is 483 g/mol. The first kappa shape index (κ1) is 29.5. The van der Waals surface area contributed by atoms with E-state index in [1.165, 1.54) is 13.2 Å². The zero-order chi connectivity index (χ0) is 25.9. The van der Waals surface area contributed by atoms with Crippen molar-refractivity contribution in [2.45, 2.75) is 78.4 Å². The molecule has 9 heteroatoms. The van der Waals surface area contributed by atoms with E-state index < -0.39 is 11.2 Å². The Morgan fingerprint density at radius 1 is 0.735 bits per heavy atom. The van der Waals surface area contributed by atoms with Crippen molar-refractivity contribution in [2.75, 3.05) is 33.3 Å². The fraction of sp³-hybridized carbons (Fsp3) is 0.760. The molecule has 0 unspecified atom stereocenters. The number of hydrogen-bond acceptors (Lipinski definition) is 7. The number of ether oxygens (including phenoxy) is 3. The van der Waals surface area contributed by atoms with Crippen molar-refractivity contribution in [3.05, 3.63) is 12.2 Å². The Labute approximate surface area is 203 Å². The molecule has 0 radical (unpaired) electrons. The van der Waals surface area contributed by atoms with E-state index in [9.17, 15) is 19.2 Å². The minimum Gasteiger partial charge on any atom is -0.466 e. The molecule has 0 bridgehead atoms. The molecule has 2 heterocycles. The largest absolute Gasteiger partial charge is 0.466 e. The zero-order valence-corrected chi connectivity index (χ0v) is 21.8. The smallest absolute Gasteiger partial charge is 0.410 e. The Morgan fingerprint density at radius 3 is 1.44 bits per heavy atom. The Bertz CT molecular complexity index is 706. The number of piperidine rings is 2. The van der Waals surface area contributed by atoms with Gasteiger partial charge in [-0.3, -0.25) is 0 Å². The molecule has 0 aliphatic carbocycles. The molecule has 2 rings (SSSR count). The highest BCUT2D eigenvalue weighted by molar-refractivity contribution is 5.81. The molecule has 194 valence electrons. The number of hydrogen-bond donors (Lipinski definition) is 0. The summed E-state index contributed by atoms with van der Waals surface area (Å²) in [5.74, 6) is 0.0936. The summed E-state index contributed by atoms with van der Waals surface area (Å²) in [5.41, 5.74) is -0.905. The average Bonchev–Trinajstić information content (AvgIpc) is 2.76. The molecule has 34 heavy (non-hydrogen) atoms. The van der Waals surface area contributed by atoms with Crippen molar-refractivity contribution in [2.24, 2.45) is 11.8 Å². The third-order valence-electron chi connectivity index (χ3n) is 5.28. The first-order valence-electron chi connectivity index (χ1n) is 11.9. The summed E-state index contributed by atoms with van der Waals surface area (Å²) in [5, 5.41) is 0. The highest BCUT2D eigenvalue weighted by atomic mass is 16.6. The van der Waals surface area contributed by atoms with Crippen molar-refractivity contribution in [3.63, 3.8) is 0 Å². The van der Waals surface area contributed by atoms with Crippen LogP contribution in [0.4, 0.5) is 9.59 Å². The molecule has 0 N–H and O–H groups in total. The Hall–Kier alpha value is -2.58. The van der Waals surface area contributed by atoms with E-state index in [1.807, 2.05) is 47.6 Å². The monoisotopic (exact) mass is 482 g/mol. The second kappa shape index (κ2) is 13.3. The quantitative estimate of drug-likeness (QED) is 0.257. The van der Waals surface area contributed by atoms with Gasteiger partial charge in [-0.15, -0.1) is 0 Å². The fourth-order valence-electron chi connectivity index (χ4n) is 3.43. The number of nitrogens with zero attached hydrogens (tertiary/aromatic N) is 2. The summed E-state index contributed by atoms with van der Waals surface area (Å²) in [6.07, 6.45) is 6.94. The molecular weight excluding hydrogens is 440 g/mol. The van der Waals surface area contributed by atoms with Gasteiger partial charge in [-0.1, -0.05) is 6.08 Å². The number of methoxy groups -OCH3 is 1. The van der Waals surface area contributed by atoms with Crippen LogP contribution in [-0.2, 0) is 23.8 Å². The lowest BCUT2D eigenvalue weighted by atomic mass is 9.96. The number of carbonyl (C=O) groups excluding carboxylic acids is 4. The van der Waals surface area contributed by atoms with Gasteiger partial charge in [0, 0.05) is 38.2 Å². The molecule has 2 aliphatic heterocycles. The lowest BCUT2D eigenvalue weighted by molar-refractivity contribution is -0.134. The van der Waals surface area contributed by atoms with Crippen LogP contribution in [0.2, 0.25) is 0 Å².